The molecule has 0 spiro atoms. The second-order valence-electron chi connectivity index (χ2n) is 7.31. The zero-order valence-electron chi connectivity index (χ0n) is 16.5. The lowest BCUT2D eigenvalue weighted by molar-refractivity contribution is -0.137. The first-order valence-corrected chi connectivity index (χ1v) is 11.4. The molecule has 30 heavy (non-hydrogen) atoms. The molecule has 4 rings (SSSR count). The van der Waals surface area contributed by atoms with Crippen LogP contribution in [0.4, 0.5) is 0 Å². The summed E-state index contributed by atoms with van der Waals surface area (Å²) in [5.41, 5.74) is 0.894. The van der Waals surface area contributed by atoms with E-state index in [0.717, 1.165) is 16.3 Å². The monoisotopic (exact) mass is 424 g/mol. The van der Waals surface area contributed by atoms with E-state index < -0.39 is 16.1 Å². The van der Waals surface area contributed by atoms with Gasteiger partial charge in [0.1, 0.15) is 6.04 Å². The van der Waals surface area contributed by atoms with Crippen molar-refractivity contribution in [3.8, 4) is 0 Å². The molecule has 1 heterocycles. The largest absolute Gasteiger partial charge is 0.378 e. The summed E-state index contributed by atoms with van der Waals surface area (Å²) in [5, 5.41) is 1.79. The number of carbonyl (C=O) groups excluding carboxylic acids is 1. The van der Waals surface area contributed by atoms with Crippen LogP contribution < -0.4 is 4.72 Å². The molecule has 7 heteroatoms. The molecular weight excluding hydrogens is 400 g/mol. The van der Waals surface area contributed by atoms with Gasteiger partial charge in [0.05, 0.1) is 18.1 Å². The number of nitrogens with zero attached hydrogens (tertiary/aromatic N) is 1. The summed E-state index contributed by atoms with van der Waals surface area (Å²) in [6, 6.07) is 21.1. The van der Waals surface area contributed by atoms with E-state index in [2.05, 4.69) is 4.72 Å². The molecule has 0 aromatic heterocycles. The minimum absolute atomic E-state index is 0.147. The number of sulfonamides is 1. The van der Waals surface area contributed by atoms with E-state index >= 15 is 0 Å². The van der Waals surface area contributed by atoms with Crippen LogP contribution in [0.5, 0.6) is 0 Å². The Balaban J connectivity index is 1.62. The molecule has 0 radical (unpaired) electrons. The minimum atomic E-state index is -3.88. The fourth-order valence-corrected chi connectivity index (χ4v) is 4.85. The molecule has 6 nitrogen and oxygen atoms in total. The van der Waals surface area contributed by atoms with E-state index in [1.807, 2.05) is 54.6 Å². The van der Waals surface area contributed by atoms with E-state index in [9.17, 15) is 13.2 Å². The Hall–Kier alpha value is -2.74. The fraction of sp³-hybridized carbons (Fsp3) is 0.261. The summed E-state index contributed by atoms with van der Waals surface area (Å²) < 4.78 is 34.3. The summed E-state index contributed by atoms with van der Waals surface area (Å²) in [4.78, 5) is 15.0. The van der Waals surface area contributed by atoms with Gasteiger partial charge in [-0.05, 0) is 34.9 Å². The van der Waals surface area contributed by atoms with E-state index in [1.54, 1.807) is 23.1 Å². The molecule has 0 aliphatic carbocycles. The maximum Gasteiger partial charge on any atom is 0.241 e. The van der Waals surface area contributed by atoms with E-state index in [4.69, 9.17) is 4.74 Å². The average Bonchev–Trinajstić information content (AvgIpc) is 2.79. The van der Waals surface area contributed by atoms with Crippen molar-refractivity contribution in [1.29, 1.82) is 0 Å². The first kappa shape index (κ1) is 20.5. The number of benzene rings is 3. The molecule has 1 aliphatic rings. The van der Waals surface area contributed by atoms with Crippen molar-refractivity contribution in [2.75, 3.05) is 26.3 Å². The Labute approximate surface area is 176 Å². The SMILES string of the molecule is O=C([C@@H](Cc1ccccc1)NS(=O)(=O)c1ccc2ccccc2c1)N1CCOCC1. The van der Waals surface area contributed by atoms with E-state index in [1.165, 1.54) is 0 Å². The summed E-state index contributed by atoms with van der Waals surface area (Å²) in [6.07, 6.45) is 0.282. The first-order chi connectivity index (χ1) is 14.5. The van der Waals surface area contributed by atoms with Crippen molar-refractivity contribution < 1.29 is 17.9 Å². The van der Waals surface area contributed by atoms with Crippen LogP contribution in [-0.4, -0.2) is 51.6 Å². The molecule has 156 valence electrons. The highest BCUT2D eigenvalue weighted by Gasteiger charge is 2.30. The van der Waals surface area contributed by atoms with Crippen LogP contribution in [0.15, 0.2) is 77.7 Å². The normalized spacial score (nSPS) is 15.8. The molecule has 1 saturated heterocycles. The van der Waals surface area contributed by atoms with Gasteiger partial charge >= 0.3 is 0 Å². The maximum atomic E-state index is 13.2. The van der Waals surface area contributed by atoms with Crippen LogP contribution >= 0.6 is 0 Å². The van der Waals surface area contributed by atoms with Gasteiger partial charge < -0.3 is 9.64 Å². The zero-order valence-corrected chi connectivity index (χ0v) is 17.3. The Bertz CT molecular complexity index is 1130. The van der Waals surface area contributed by atoms with Crippen LogP contribution in [-0.2, 0) is 26.0 Å². The summed E-state index contributed by atoms with van der Waals surface area (Å²) >= 11 is 0. The number of nitrogens with one attached hydrogen (secondary N) is 1. The van der Waals surface area contributed by atoms with Crippen molar-refractivity contribution in [2.24, 2.45) is 0 Å². The van der Waals surface area contributed by atoms with Crippen molar-refractivity contribution in [3.63, 3.8) is 0 Å². The molecule has 0 bridgehead atoms. The molecule has 1 N–H and O–H groups in total. The van der Waals surface area contributed by atoms with Gasteiger partial charge in [0.15, 0.2) is 0 Å². The molecule has 1 fully saturated rings. The number of fused-ring (bicyclic) bond motifs is 1. The van der Waals surface area contributed by atoms with Gasteiger partial charge in [0.2, 0.25) is 15.9 Å². The van der Waals surface area contributed by atoms with Crippen LogP contribution in [0.2, 0.25) is 0 Å². The Morgan fingerprint density at radius 2 is 1.60 bits per heavy atom. The fourth-order valence-electron chi connectivity index (χ4n) is 3.62. The highest BCUT2D eigenvalue weighted by molar-refractivity contribution is 7.89. The zero-order chi connectivity index (χ0) is 21.0. The molecule has 0 unspecified atom stereocenters. The van der Waals surface area contributed by atoms with Gasteiger partial charge in [-0.25, -0.2) is 8.42 Å². The van der Waals surface area contributed by atoms with Gasteiger partial charge in [0, 0.05) is 13.1 Å². The van der Waals surface area contributed by atoms with Gasteiger partial charge in [-0.3, -0.25) is 4.79 Å². The van der Waals surface area contributed by atoms with Crippen LogP contribution in [0.1, 0.15) is 5.56 Å². The molecule has 1 amide bonds. The number of rotatable bonds is 6. The number of ether oxygens (including phenoxy) is 1. The summed E-state index contributed by atoms with van der Waals surface area (Å²) in [5.74, 6) is -0.230. The van der Waals surface area contributed by atoms with Crippen LogP contribution in [0, 0.1) is 0 Å². The van der Waals surface area contributed by atoms with Crippen molar-refractivity contribution >= 4 is 26.7 Å². The molecule has 3 aromatic carbocycles. The Kier molecular flexibility index (Phi) is 6.13. The number of morpholine rings is 1. The lowest BCUT2D eigenvalue weighted by atomic mass is 10.1. The number of hydrogen-bond acceptors (Lipinski definition) is 4. The highest BCUT2D eigenvalue weighted by Crippen LogP contribution is 2.20. The van der Waals surface area contributed by atoms with Gasteiger partial charge in [-0.15, -0.1) is 0 Å². The number of amides is 1. The third-order valence-electron chi connectivity index (χ3n) is 5.23. The minimum Gasteiger partial charge on any atom is -0.378 e. The van der Waals surface area contributed by atoms with Crippen molar-refractivity contribution in [1.82, 2.24) is 9.62 Å². The predicted octanol–water partition coefficient (Wildman–Crippen LogP) is 2.59. The summed E-state index contributed by atoms with van der Waals surface area (Å²) in [7, 11) is -3.88. The predicted molar refractivity (Wildman–Crippen MR) is 116 cm³/mol. The van der Waals surface area contributed by atoms with Gasteiger partial charge in [-0.2, -0.15) is 4.72 Å². The number of carbonyl (C=O) groups is 1. The second-order valence-corrected chi connectivity index (χ2v) is 9.02. The lowest BCUT2D eigenvalue weighted by Gasteiger charge is -2.30. The standard InChI is InChI=1S/C23H24N2O4S/c26-23(25-12-14-29-15-13-25)22(16-18-6-2-1-3-7-18)24-30(27,28)21-11-10-19-8-4-5-9-20(19)17-21/h1-11,17,22,24H,12-16H2/t22-/m1/s1. The number of hydrogen-bond donors (Lipinski definition) is 1. The maximum absolute atomic E-state index is 13.2. The molecule has 1 atom stereocenters. The van der Waals surface area contributed by atoms with Gasteiger partial charge in [0.25, 0.3) is 0 Å². The van der Waals surface area contributed by atoms with Crippen LogP contribution in [0.3, 0.4) is 0 Å². The third kappa shape index (κ3) is 4.70. The third-order valence-corrected chi connectivity index (χ3v) is 6.70. The lowest BCUT2D eigenvalue weighted by Crippen LogP contribution is -2.52. The quantitative estimate of drug-likeness (QED) is 0.660. The van der Waals surface area contributed by atoms with Gasteiger partial charge in [-0.1, -0.05) is 60.7 Å². The van der Waals surface area contributed by atoms with Crippen molar-refractivity contribution in [2.45, 2.75) is 17.4 Å². The Morgan fingerprint density at radius 1 is 0.933 bits per heavy atom. The average molecular weight is 425 g/mol. The van der Waals surface area contributed by atoms with E-state index in [-0.39, 0.29) is 17.2 Å². The Morgan fingerprint density at radius 3 is 2.33 bits per heavy atom. The molecule has 3 aromatic rings. The first-order valence-electron chi connectivity index (χ1n) is 9.94. The smallest absolute Gasteiger partial charge is 0.241 e. The summed E-state index contributed by atoms with van der Waals surface area (Å²) in [6.45, 7) is 1.84. The van der Waals surface area contributed by atoms with E-state index in [0.29, 0.717) is 26.3 Å². The second kappa shape index (κ2) is 8.95. The molecule has 0 saturated carbocycles. The topological polar surface area (TPSA) is 75.7 Å². The van der Waals surface area contributed by atoms with Crippen LogP contribution in [0.25, 0.3) is 10.8 Å². The highest BCUT2D eigenvalue weighted by atomic mass is 32.2. The molecule has 1 aliphatic heterocycles. The van der Waals surface area contributed by atoms with Crippen molar-refractivity contribution in [3.05, 3.63) is 78.4 Å². The molecular formula is C23H24N2O4S.